The number of ether oxygens (including phenoxy) is 3. The van der Waals surface area contributed by atoms with Crippen LogP contribution in [0.1, 0.15) is 323 Å². The molecular weight excluding hydrogens is 889 g/mol. The number of esters is 3. The zero-order valence-corrected chi connectivity index (χ0v) is 47.9. The van der Waals surface area contributed by atoms with Crippen molar-refractivity contribution in [2.24, 2.45) is 0 Å². The lowest BCUT2D eigenvalue weighted by Gasteiger charge is -2.18. The maximum atomic E-state index is 12.8. The van der Waals surface area contributed by atoms with Crippen LogP contribution in [0.3, 0.4) is 0 Å². The SMILES string of the molecule is CCCCCCC/C=C\C/C=C\C/C=C\CCCCCCCCCCCCCCC(=O)OCC(COC(=O)CCCCCCCC)OC(=O)CCCCCCCCCCC/C=C\C/C=C\CCCCCCC. The Labute approximate surface area is 447 Å². The van der Waals surface area contributed by atoms with E-state index in [-0.39, 0.29) is 31.1 Å². The third-order valence-electron chi connectivity index (χ3n) is 13.7. The summed E-state index contributed by atoms with van der Waals surface area (Å²) in [5.41, 5.74) is 0. The minimum atomic E-state index is -0.774. The van der Waals surface area contributed by atoms with Crippen molar-refractivity contribution in [3.05, 3.63) is 60.8 Å². The Morgan fingerprint density at radius 1 is 0.278 bits per heavy atom. The van der Waals surface area contributed by atoms with Gasteiger partial charge in [-0.05, 0) is 89.9 Å². The van der Waals surface area contributed by atoms with Gasteiger partial charge in [-0.25, -0.2) is 0 Å². The van der Waals surface area contributed by atoms with Gasteiger partial charge < -0.3 is 14.2 Å². The molecule has 1 unspecified atom stereocenters. The molecule has 0 aromatic carbocycles. The highest BCUT2D eigenvalue weighted by Gasteiger charge is 2.19. The van der Waals surface area contributed by atoms with Crippen molar-refractivity contribution >= 4 is 17.9 Å². The summed E-state index contributed by atoms with van der Waals surface area (Å²) < 4.78 is 16.8. The number of unbranched alkanes of at least 4 members (excludes halogenated alkanes) is 36. The normalized spacial score (nSPS) is 12.4. The maximum absolute atomic E-state index is 12.8. The van der Waals surface area contributed by atoms with Crippen molar-refractivity contribution in [2.75, 3.05) is 13.2 Å². The fraction of sp³-hybridized carbons (Fsp3) is 0.803. The maximum Gasteiger partial charge on any atom is 0.306 e. The molecular formula is C66H118O6. The first-order valence-electron chi connectivity index (χ1n) is 31.3. The van der Waals surface area contributed by atoms with Crippen LogP contribution >= 0.6 is 0 Å². The van der Waals surface area contributed by atoms with E-state index in [0.29, 0.717) is 19.3 Å². The summed E-state index contributed by atoms with van der Waals surface area (Å²) in [4.78, 5) is 38.0. The molecule has 0 N–H and O–H groups in total. The van der Waals surface area contributed by atoms with Crippen LogP contribution in [0.25, 0.3) is 0 Å². The molecule has 0 aliphatic carbocycles. The largest absolute Gasteiger partial charge is 0.462 e. The summed E-state index contributed by atoms with van der Waals surface area (Å²) in [5.74, 6) is -0.878. The van der Waals surface area contributed by atoms with Gasteiger partial charge >= 0.3 is 17.9 Å². The molecule has 0 rings (SSSR count). The van der Waals surface area contributed by atoms with E-state index >= 15 is 0 Å². The minimum absolute atomic E-state index is 0.0749. The third-order valence-corrected chi connectivity index (χ3v) is 13.7. The summed E-state index contributed by atoms with van der Waals surface area (Å²) >= 11 is 0. The minimum Gasteiger partial charge on any atom is -0.462 e. The first kappa shape index (κ1) is 69.1. The van der Waals surface area contributed by atoms with Crippen LogP contribution in [-0.2, 0) is 28.6 Å². The highest BCUT2D eigenvalue weighted by Crippen LogP contribution is 2.16. The van der Waals surface area contributed by atoms with Crippen LogP contribution in [0.2, 0.25) is 0 Å². The number of rotatable bonds is 57. The topological polar surface area (TPSA) is 78.9 Å². The second-order valence-corrected chi connectivity index (χ2v) is 21.0. The molecule has 0 spiro atoms. The van der Waals surface area contributed by atoms with Gasteiger partial charge in [0.15, 0.2) is 6.10 Å². The molecule has 0 aliphatic heterocycles. The second kappa shape index (κ2) is 60.7. The van der Waals surface area contributed by atoms with E-state index in [1.807, 2.05) is 0 Å². The van der Waals surface area contributed by atoms with E-state index in [1.165, 1.54) is 205 Å². The summed E-state index contributed by atoms with van der Waals surface area (Å²) in [7, 11) is 0. The second-order valence-electron chi connectivity index (χ2n) is 21.0. The van der Waals surface area contributed by atoms with Gasteiger partial charge in [0.1, 0.15) is 13.2 Å². The highest BCUT2D eigenvalue weighted by molar-refractivity contribution is 5.71. The Morgan fingerprint density at radius 3 is 0.778 bits per heavy atom. The Morgan fingerprint density at radius 2 is 0.500 bits per heavy atom. The fourth-order valence-electron chi connectivity index (χ4n) is 9.01. The van der Waals surface area contributed by atoms with E-state index in [0.717, 1.165) is 77.0 Å². The molecule has 0 saturated carbocycles. The zero-order valence-electron chi connectivity index (χ0n) is 47.9. The van der Waals surface area contributed by atoms with Crippen LogP contribution in [0.15, 0.2) is 60.8 Å². The van der Waals surface area contributed by atoms with Crippen LogP contribution in [0.4, 0.5) is 0 Å². The molecule has 6 heteroatoms. The number of hydrogen-bond donors (Lipinski definition) is 0. The van der Waals surface area contributed by atoms with Crippen molar-refractivity contribution < 1.29 is 28.6 Å². The summed E-state index contributed by atoms with van der Waals surface area (Å²) in [6, 6.07) is 0. The van der Waals surface area contributed by atoms with Crippen LogP contribution < -0.4 is 0 Å². The van der Waals surface area contributed by atoms with Gasteiger partial charge in [0.25, 0.3) is 0 Å². The molecule has 0 radical (unpaired) electrons. The summed E-state index contributed by atoms with van der Waals surface area (Å²) in [6.07, 6.45) is 76.9. The molecule has 0 fully saturated rings. The average molecular weight is 1010 g/mol. The molecule has 0 amide bonds. The predicted octanol–water partition coefficient (Wildman–Crippen LogP) is 21.2. The molecule has 0 aliphatic rings. The van der Waals surface area contributed by atoms with E-state index in [1.54, 1.807) is 0 Å². The Kier molecular flexibility index (Phi) is 58.2. The van der Waals surface area contributed by atoms with Gasteiger partial charge in [0.2, 0.25) is 0 Å². The highest BCUT2D eigenvalue weighted by atomic mass is 16.6. The molecule has 0 saturated heterocycles. The molecule has 1 atom stereocenters. The van der Waals surface area contributed by atoms with E-state index in [2.05, 4.69) is 81.5 Å². The van der Waals surface area contributed by atoms with Crippen molar-refractivity contribution in [1.82, 2.24) is 0 Å². The zero-order chi connectivity index (χ0) is 52.2. The Hall–Kier alpha value is -2.89. The molecule has 0 bridgehead atoms. The smallest absolute Gasteiger partial charge is 0.306 e. The molecule has 0 aromatic heterocycles. The van der Waals surface area contributed by atoms with Gasteiger partial charge in [-0.1, -0.05) is 274 Å². The summed E-state index contributed by atoms with van der Waals surface area (Å²) in [5, 5.41) is 0. The Bertz CT molecular complexity index is 1290. The number of carbonyl (C=O) groups is 3. The number of allylic oxidation sites excluding steroid dienone is 10. The van der Waals surface area contributed by atoms with Gasteiger partial charge in [-0.2, -0.15) is 0 Å². The molecule has 0 heterocycles. The molecule has 72 heavy (non-hydrogen) atoms. The lowest BCUT2D eigenvalue weighted by molar-refractivity contribution is -0.167. The molecule has 0 aromatic rings. The predicted molar refractivity (Wildman–Crippen MR) is 312 cm³/mol. The molecule has 6 nitrogen and oxygen atoms in total. The average Bonchev–Trinajstić information content (AvgIpc) is 3.38. The Balaban J connectivity index is 4.09. The standard InChI is InChI=1S/C66H118O6/c1-4-7-10-13-16-18-20-22-24-26-28-30-31-32-33-34-35-37-38-40-42-44-46-48-50-53-56-59-65(68)71-62-63(61-70-64(67)58-55-52-15-12-9-6-3)72-66(69)60-57-54-51-49-47-45-43-41-39-36-29-27-25-23-21-19-17-14-11-8-5-2/h20-23,26-29,31-32,63H,4-19,24-25,30,33-62H2,1-3H3/b22-20-,23-21-,28-26-,29-27-,32-31-. The van der Waals surface area contributed by atoms with E-state index < -0.39 is 6.10 Å². The quantitative estimate of drug-likeness (QED) is 0.0261. The molecule has 418 valence electrons. The monoisotopic (exact) mass is 1010 g/mol. The number of hydrogen-bond acceptors (Lipinski definition) is 6. The van der Waals surface area contributed by atoms with Crippen molar-refractivity contribution in [3.63, 3.8) is 0 Å². The van der Waals surface area contributed by atoms with Gasteiger partial charge in [-0.15, -0.1) is 0 Å². The van der Waals surface area contributed by atoms with E-state index in [9.17, 15) is 14.4 Å². The van der Waals surface area contributed by atoms with Crippen molar-refractivity contribution in [3.8, 4) is 0 Å². The van der Waals surface area contributed by atoms with E-state index in [4.69, 9.17) is 14.2 Å². The van der Waals surface area contributed by atoms with Gasteiger partial charge in [-0.3, -0.25) is 14.4 Å². The third kappa shape index (κ3) is 58.0. The number of carbonyl (C=O) groups excluding carboxylic acids is 3. The van der Waals surface area contributed by atoms with Crippen molar-refractivity contribution in [2.45, 2.75) is 329 Å². The van der Waals surface area contributed by atoms with Crippen LogP contribution in [-0.4, -0.2) is 37.2 Å². The lowest BCUT2D eigenvalue weighted by atomic mass is 10.0. The van der Waals surface area contributed by atoms with Crippen molar-refractivity contribution in [1.29, 1.82) is 0 Å². The first-order chi connectivity index (χ1) is 35.5. The lowest BCUT2D eigenvalue weighted by Crippen LogP contribution is -2.30. The van der Waals surface area contributed by atoms with Gasteiger partial charge in [0.05, 0.1) is 0 Å². The van der Waals surface area contributed by atoms with Gasteiger partial charge in [0, 0.05) is 19.3 Å². The fourth-order valence-corrected chi connectivity index (χ4v) is 9.01. The van der Waals surface area contributed by atoms with Crippen LogP contribution in [0, 0.1) is 0 Å². The first-order valence-corrected chi connectivity index (χ1v) is 31.3. The summed E-state index contributed by atoms with van der Waals surface area (Å²) in [6.45, 7) is 6.59. The van der Waals surface area contributed by atoms with Crippen LogP contribution in [0.5, 0.6) is 0 Å².